The zero-order chi connectivity index (χ0) is 22.8. The van der Waals surface area contributed by atoms with Crippen LogP contribution < -0.4 is 11.1 Å². The summed E-state index contributed by atoms with van der Waals surface area (Å²) >= 11 is 6.12. The molecule has 3 aliphatic carbocycles. The highest BCUT2D eigenvalue weighted by Crippen LogP contribution is 2.65. The van der Waals surface area contributed by atoms with Crippen molar-refractivity contribution in [1.29, 1.82) is 0 Å². The summed E-state index contributed by atoms with van der Waals surface area (Å²) in [6.45, 7) is 2.66. The van der Waals surface area contributed by atoms with Crippen LogP contribution in [0.5, 0.6) is 0 Å². The van der Waals surface area contributed by atoms with E-state index < -0.39 is 17.8 Å². The predicted molar refractivity (Wildman–Crippen MR) is 114 cm³/mol. The van der Waals surface area contributed by atoms with Gasteiger partial charge in [0.2, 0.25) is 11.2 Å². The molecule has 0 saturated heterocycles. The monoisotopic (exact) mass is 465 g/mol. The van der Waals surface area contributed by atoms with Crippen molar-refractivity contribution in [3.63, 3.8) is 0 Å². The summed E-state index contributed by atoms with van der Waals surface area (Å²) in [5.41, 5.74) is 6.65. The topological polar surface area (TPSA) is 84.1 Å². The fraction of sp³-hybridized carbons (Fsp3) is 0.500. The lowest BCUT2D eigenvalue weighted by Crippen LogP contribution is -2.61. The number of nitrogens with zero attached hydrogens (tertiary/aromatic N) is 3. The van der Waals surface area contributed by atoms with E-state index in [4.69, 9.17) is 17.3 Å². The lowest BCUT2D eigenvalue weighted by molar-refractivity contribution is -0.177. The van der Waals surface area contributed by atoms with Crippen molar-refractivity contribution in [2.24, 2.45) is 11.3 Å². The first-order valence-electron chi connectivity index (χ1n) is 10.6. The zero-order valence-electron chi connectivity index (χ0n) is 17.5. The number of hydrogen-bond acceptors (Lipinski definition) is 5. The number of fused-ring (bicyclic) bond motifs is 1. The van der Waals surface area contributed by atoms with Gasteiger partial charge in [-0.1, -0.05) is 0 Å². The first-order chi connectivity index (χ1) is 15.0. The number of nitrogens with two attached hydrogens (primary N) is 1. The molecule has 170 valence electrons. The number of carbonyl (C=O) groups excluding carboxylic acids is 1. The number of aromatic nitrogens is 2. The van der Waals surface area contributed by atoms with Gasteiger partial charge in [0.1, 0.15) is 5.82 Å². The summed E-state index contributed by atoms with van der Waals surface area (Å²) in [6.07, 6.45) is -1.01. The molecule has 0 radical (unpaired) electrons. The normalized spacial score (nSPS) is 24.8. The molecule has 3 N–H and O–H groups in total. The fourth-order valence-electron chi connectivity index (χ4n) is 5.13. The number of rotatable bonds is 4. The Hall–Kier alpha value is -2.55. The summed E-state index contributed by atoms with van der Waals surface area (Å²) in [5, 5.41) is 3.23. The molecule has 2 aromatic rings. The Morgan fingerprint density at radius 1 is 1.28 bits per heavy atom. The number of amides is 1. The van der Waals surface area contributed by atoms with Gasteiger partial charge < -0.3 is 16.0 Å². The molecule has 2 bridgehead atoms. The average molecular weight is 466 g/mol. The van der Waals surface area contributed by atoms with Gasteiger partial charge in [-0.15, -0.1) is 0 Å². The van der Waals surface area contributed by atoms with Crippen LogP contribution in [-0.2, 0) is 23.9 Å². The molecule has 6 nitrogen and oxygen atoms in total. The second-order valence-corrected chi connectivity index (χ2v) is 9.59. The van der Waals surface area contributed by atoms with Crippen LogP contribution in [0.1, 0.15) is 54.6 Å². The van der Waals surface area contributed by atoms with Crippen LogP contribution >= 0.6 is 11.6 Å². The van der Waals surface area contributed by atoms with Crippen molar-refractivity contribution in [2.45, 2.75) is 51.4 Å². The van der Waals surface area contributed by atoms with Gasteiger partial charge in [-0.3, -0.25) is 4.79 Å². The number of hydrogen-bond donors (Lipinski definition) is 2. The molecule has 1 aliphatic heterocycles. The summed E-state index contributed by atoms with van der Waals surface area (Å²) in [5.74, 6) is 1.32. The zero-order valence-corrected chi connectivity index (χ0v) is 18.2. The number of nitrogens with one attached hydrogen (secondary N) is 1. The highest BCUT2D eigenvalue weighted by Gasteiger charge is 2.62. The van der Waals surface area contributed by atoms with Crippen molar-refractivity contribution >= 4 is 29.0 Å². The van der Waals surface area contributed by atoms with E-state index in [-0.39, 0.29) is 22.3 Å². The minimum atomic E-state index is -4.50. The number of benzene rings is 1. The van der Waals surface area contributed by atoms with Crippen LogP contribution in [0.3, 0.4) is 0 Å². The van der Waals surface area contributed by atoms with Crippen molar-refractivity contribution in [3.05, 3.63) is 45.9 Å². The average Bonchev–Trinajstić information content (AvgIpc) is 2.64. The van der Waals surface area contributed by atoms with Gasteiger partial charge in [0.15, 0.2) is 0 Å². The highest BCUT2D eigenvalue weighted by atomic mass is 35.5. The molecular formula is C22H23ClF3N5O. The first-order valence-corrected chi connectivity index (χ1v) is 11.0. The van der Waals surface area contributed by atoms with Gasteiger partial charge in [-0.2, -0.15) is 13.2 Å². The summed E-state index contributed by atoms with van der Waals surface area (Å²) < 4.78 is 39.7. The summed E-state index contributed by atoms with van der Waals surface area (Å²) in [6, 6.07) is 2.95. The quantitative estimate of drug-likeness (QED) is 0.509. The van der Waals surface area contributed by atoms with E-state index in [1.54, 1.807) is 6.92 Å². The fourth-order valence-corrected chi connectivity index (χ4v) is 5.32. The molecule has 32 heavy (non-hydrogen) atoms. The molecule has 10 heteroatoms. The Bertz CT molecular complexity index is 1090. The van der Waals surface area contributed by atoms with Gasteiger partial charge in [0.05, 0.1) is 29.3 Å². The SMILES string of the molecule is C[C@@H](Nc1nc(Cl)nc2c1CN(C(=O)C13CC(C1)C3)CC2)c1cc(N)cc(C(F)(F)F)c1. The van der Waals surface area contributed by atoms with Gasteiger partial charge in [0.25, 0.3) is 0 Å². The third-order valence-corrected chi connectivity index (χ3v) is 7.14. The Morgan fingerprint density at radius 2 is 2.00 bits per heavy atom. The molecule has 1 atom stereocenters. The Morgan fingerprint density at radius 3 is 2.62 bits per heavy atom. The van der Waals surface area contributed by atoms with Crippen LogP contribution in [0.15, 0.2) is 18.2 Å². The van der Waals surface area contributed by atoms with E-state index in [0.29, 0.717) is 36.8 Å². The Kier molecular flexibility index (Phi) is 4.81. The van der Waals surface area contributed by atoms with Crippen LogP contribution in [0.4, 0.5) is 24.7 Å². The number of halogens is 4. The van der Waals surface area contributed by atoms with Gasteiger partial charge in [-0.25, -0.2) is 9.97 Å². The first kappa shape index (κ1) is 21.3. The maximum absolute atomic E-state index is 13.2. The van der Waals surface area contributed by atoms with E-state index in [9.17, 15) is 18.0 Å². The minimum Gasteiger partial charge on any atom is -0.399 e. The smallest absolute Gasteiger partial charge is 0.399 e. The van der Waals surface area contributed by atoms with Gasteiger partial charge in [-0.05, 0) is 67.5 Å². The summed E-state index contributed by atoms with van der Waals surface area (Å²) in [4.78, 5) is 23.5. The number of alkyl halides is 3. The lowest BCUT2D eigenvalue weighted by Gasteiger charge is -2.61. The molecule has 1 aromatic heterocycles. The Labute approximate surface area is 188 Å². The van der Waals surface area contributed by atoms with Gasteiger partial charge >= 0.3 is 6.18 Å². The molecular weight excluding hydrogens is 443 g/mol. The van der Waals surface area contributed by atoms with E-state index in [2.05, 4.69) is 15.3 Å². The maximum atomic E-state index is 13.2. The van der Waals surface area contributed by atoms with Crippen molar-refractivity contribution in [3.8, 4) is 0 Å². The van der Waals surface area contributed by atoms with Crippen molar-refractivity contribution in [2.75, 3.05) is 17.6 Å². The van der Waals surface area contributed by atoms with Gasteiger partial charge in [0, 0.05) is 24.2 Å². The molecule has 0 unspecified atom stereocenters. The van der Waals surface area contributed by atoms with Crippen molar-refractivity contribution < 1.29 is 18.0 Å². The van der Waals surface area contributed by atoms with Crippen LogP contribution in [0.25, 0.3) is 0 Å². The Balaban J connectivity index is 1.41. The van der Waals surface area contributed by atoms with Crippen LogP contribution in [-0.4, -0.2) is 27.3 Å². The van der Waals surface area contributed by atoms with E-state index in [0.717, 1.165) is 42.7 Å². The molecule has 1 aromatic carbocycles. The third kappa shape index (κ3) is 3.56. The summed E-state index contributed by atoms with van der Waals surface area (Å²) in [7, 11) is 0. The lowest BCUT2D eigenvalue weighted by atomic mass is 9.44. The molecule has 6 rings (SSSR count). The molecule has 4 aliphatic rings. The number of nitrogen functional groups attached to an aromatic ring is 1. The largest absolute Gasteiger partial charge is 0.416 e. The number of carbonyl (C=O) groups is 1. The number of anilines is 2. The molecule has 3 saturated carbocycles. The standard InChI is InChI=1S/C22H23ClF3N5O/c1-11(13-4-14(22(24,25)26)6-15(27)5-13)28-18-16-10-31(3-2-17(16)29-20(23)30-18)19(32)21-7-12(8-21)9-21/h4-6,11-12H,2-3,7-10,27H2,1H3,(H,28,29,30)/t11-,12?,21?/m1/s1. The maximum Gasteiger partial charge on any atom is 0.416 e. The van der Waals surface area contributed by atoms with E-state index in [1.807, 2.05) is 4.90 Å². The van der Waals surface area contributed by atoms with Crippen LogP contribution in [0, 0.1) is 11.3 Å². The van der Waals surface area contributed by atoms with Crippen molar-refractivity contribution in [1.82, 2.24) is 14.9 Å². The van der Waals surface area contributed by atoms with E-state index in [1.165, 1.54) is 6.07 Å². The second kappa shape index (κ2) is 7.23. The predicted octanol–water partition coefficient (Wildman–Crippen LogP) is 4.59. The molecule has 1 amide bonds. The third-order valence-electron chi connectivity index (χ3n) is 6.97. The van der Waals surface area contributed by atoms with Crippen LogP contribution in [0.2, 0.25) is 5.28 Å². The second-order valence-electron chi connectivity index (χ2n) is 9.25. The molecule has 3 fully saturated rings. The molecule has 2 heterocycles. The highest BCUT2D eigenvalue weighted by molar-refractivity contribution is 6.28. The molecule has 0 spiro atoms. The minimum absolute atomic E-state index is 0.0292. The van der Waals surface area contributed by atoms with E-state index >= 15 is 0 Å².